The van der Waals surface area contributed by atoms with Crippen molar-refractivity contribution in [2.75, 3.05) is 20.1 Å². The molecule has 1 rings (SSSR count). The van der Waals surface area contributed by atoms with E-state index in [-0.39, 0.29) is 16.3 Å². The number of ketones is 1. The van der Waals surface area contributed by atoms with Gasteiger partial charge < -0.3 is 9.85 Å². The molecule has 1 saturated heterocycles. The summed E-state index contributed by atoms with van der Waals surface area (Å²) in [5.74, 6) is 0.403. The molecule has 0 aromatic carbocycles. The van der Waals surface area contributed by atoms with E-state index in [1.165, 1.54) is 0 Å². The van der Waals surface area contributed by atoms with Crippen LogP contribution in [0.3, 0.4) is 0 Å². The van der Waals surface area contributed by atoms with Crippen LogP contribution in [-0.4, -0.2) is 30.6 Å². The SMILES string of the molecule is CC(=O)C1CC[N+](C)([O-])CC1. The molecule has 3 heteroatoms. The number of hydrogen-bond acceptors (Lipinski definition) is 2. The van der Waals surface area contributed by atoms with E-state index in [4.69, 9.17) is 0 Å². The van der Waals surface area contributed by atoms with Crippen molar-refractivity contribution < 1.29 is 9.44 Å². The highest BCUT2D eigenvalue weighted by atomic mass is 16.5. The maximum atomic E-state index is 11.3. The fourth-order valence-corrected chi connectivity index (χ4v) is 1.52. The van der Waals surface area contributed by atoms with Crippen molar-refractivity contribution in [2.24, 2.45) is 5.92 Å². The van der Waals surface area contributed by atoms with Crippen LogP contribution in [0.1, 0.15) is 19.8 Å². The molecule has 0 unspecified atom stereocenters. The Morgan fingerprint density at radius 2 is 1.91 bits per heavy atom. The molecule has 64 valence electrons. The topological polar surface area (TPSA) is 40.1 Å². The van der Waals surface area contributed by atoms with E-state index in [0.717, 1.165) is 12.8 Å². The lowest BCUT2D eigenvalue weighted by Crippen LogP contribution is -2.45. The van der Waals surface area contributed by atoms with Crippen LogP contribution < -0.4 is 0 Å². The fourth-order valence-electron chi connectivity index (χ4n) is 1.52. The van der Waals surface area contributed by atoms with Gasteiger partial charge in [-0.3, -0.25) is 4.79 Å². The number of nitrogens with zero attached hydrogens (tertiary/aromatic N) is 1. The van der Waals surface area contributed by atoms with Gasteiger partial charge in [-0.25, -0.2) is 0 Å². The van der Waals surface area contributed by atoms with E-state index in [2.05, 4.69) is 0 Å². The fraction of sp³-hybridized carbons (Fsp3) is 0.875. The molecular weight excluding hydrogens is 142 g/mol. The van der Waals surface area contributed by atoms with Crippen LogP contribution in [0.25, 0.3) is 0 Å². The van der Waals surface area contributed by atoms with Gasteiger partial charge in [0.1, 0.15) is 5.78 Å². The minimum atomic E-state index is -0.163. The maximum absolute atomic E-state index is 11.3. The molecular formula is C8H15NO2. The van der Waals surface area contributed by atoms with Gasteiger partial charge >= 0.3 is 0 Å². The summed E-state index contributed by atoms with van der Waals surface area (Å²) >= 11 is 0. The summed E-state index contributed by atoms with van der Waals surface area (Å²) in [4.78, 5) is 10.9. The van der Waals surface area contributed by atoms with Gasteiger partial charge in [-0.1, -0.05) is 0 Å². The summed E-state index contributed by atoms with van der Waals surface area (Å²) in [6.07, 6.45) is 1.55. The second-order valence-corrected chi connectivity index (χ2v) is 3.63. The Labute approximate surface area is 67.2 Å². The first-order valence-corrected chi connectivity index (χ1v) is 4.07. The molecule has 1 aliphatic heterocycles. The number of hydrogen-bond donors (Lipinski definition) is 0. The highest BCUT2D eigenvalue weighted by Crippen LogP contribution is 2.21. The Hall–Kier alpha value is -0.410. The maximum Gasteiger partial charge on any atom is 0.133 e. The molecule has 0 aromatic heterocycles. The van der Waals surface area contributed by atoms with Crippen LogP contribution in [0, 0.1) is 11.1 Å². The van der Waals surface area contributed by atoms with E-state index in [1.807, 2.05) is 0 Å². The molecule has 0 N–H and O–H groups in total. The minimum Gasteiger partial charge on any atom is -0.633 e. The van der Waals surface area contributed by atoms with Crippen LogP contribution in [0.2, 0.25) is 0 Å². The van der Waals surface area contributed by atoms with Crippen LogP contribution in [0.15, 0.2) is 0 Å². The summed E-state index contributed by atoms with van der Waals surface area (Å²) in [6.45, 7) is 2.82. The molecule has 3 nitrogen and oxygen atoms in total. The first kappa shape index (κ1) is 8.68. The van der Waals surface area contributed by atoms with Crippen molar-refractivity contribution in [3.8, 4) is 0 Å². The first-order chi connectivity index (χ1) is 5.01. The van der Waals surface area contributed by atoms with Crippen LogP contribution in [-0.2, 0) is 4.79 Å². The molecule has 0 amide bonds. The van der Waals surface area contributed by atoms with Gasteiger partial charge in [0, 0.05) is 18.8 Å². The van der Waals surface area contributed by atoms with Gasteiger partial charge in [0.2, 0.25) is 0 Å². The zero-order valence-corrected chi connectivity index (χ0v) is 7.17. The smallest absolute Gasteiger partial charge is 0.133 e. The summed E-state index contributed by atoms with van der Waals surface area (Å²) in [5.41, 5.74) is 0. The predicted octanol–water partition coefficient (Wildman–Crippen LogP) is 0.930. The predicted molar refractivity (Wildman–Crippen MR) is 42.7 cm³/mol. The van der Waals surface area contributed by atoms with Crippen molar-refractivity contribution in [3.05, 3.63) is 5.21 Å². The van der Waals surface area contributed by atoms with Gasteiger partial charge in [-0.2, -0.15) is 0 Å². The second-order valence-electron chi connectivity index (χ2n) is 3.63. The average molecular weight is 157 g/mol. The van der Waals surface area contributed by atoms with Crippen molar-refractivity contribution in [1.29, 1.82) is 0 Å². The lowest BCUT2D eigenvalue weighted by Gasteiger charge is -2.43. The zero-order chi connectivity index (χ0) is 8.48. The first-order valence-electron chi connectivity index (χ1n) is 4.07. The highest BCUT2D eigenvalue weighted by molar-refractivity contribution is 5.78. The number of rotatable bonds is 1. The van der Waals surface area contributed by atoms with Crippen molar-refractivity contribution in [2.45, 2.75) is 19.8 Å². The molecule has 11 heavy (non-hydrogen) atoms. The number of hydroxylamine groups is 3. The van der Waals surface area contributed by atoms with Gasteiger partial charge in [0.05, 0.1) is 20.1 Å². The number of carbonyl (C=O) groups is 1. The van der Waals surface area contributed by atoms with Crippen molar-refractivity contribution >= 4 is 5.78 Å². The molecule has 1 heterocycles. The Balaban J connectivity index is 2.42. The van der Waals surface area contributed by atoms with Gasteiger partial charge in [-0.05, 0) is 6.92 Å². The molecule has 0 spiro atoms. The zero-order valence-electron chi connectivity index (χ0n) is 7.17. The molecule has 0 bridgehead atoms. The quantitative estimate of drug-likeness (QED) is 0.419. The van der Waals surface area contributed by atoms with Crippen LogP contribution in [0.5, 0.6) is 0 Å². The van der Waals surface area contributed by atoms with Crippen molar-refractivity contribution in [3.63, 3.8) is 0 Å². The van der Waals surface area contributed by atoms with Gasteiger partial charge in [-0.15, -0.1) is 0 Å². The normalized spacial score (nSPS) is 38.6. The minimum absolute atomic E-state index is 0.162. The Bertz CT molecular complexity index is 155. The van der Waals surface area contributed by atoms with E-state index < -0.39 is 0 Å². The summed E-state index contributed by atoms with van der Waals surface area (Å²) in [6, 6.07) is 0. The largest absolute Gasteiger partial charge is 0.633 e. The molecule has 0 atom stereocenters. The van der Waals surface area contributed by atoms with E-state index in [1.54, 1.807) is 14.0 Å². The lowest BCUT2D eigenvalue weighted by atomic mass is 9.93. The summed E-state index contributed by atoms with van der Waals surface area (Å²) < 4.78 is -0.163. The molecule has 0 aromatic rings. The molecule has 1 aliphatic rings. The average Bonchev–Trinajstić information content (AvgIpc) is 1.86. The number of Topliss-reactive ketones (excluding diaryl/α,β-unsaturated/α-hetero) is 1. The lowest BCUT2D eigenvalue weighted by molar-refractivity contribution is -0.866. The molecule has 0 saturated carbocycles. The third-order valence-electron chi connectivity index (χ3n) is 2.48. The molecule has 1 fully saturated rings. The molecule has 0 aliphatic carbocycles. The van der Waals surface area contributed by atoms with Crippen LogP contribution in [0.4, 0.5) is 0 Å². The Kier molecular flexibility index (Phi) is 2.30. The molecule has 0 radical (unpaired) electrons. The van der Waals surface area contributed by atoms with E-state index in [0.29, 0.717) is 13.1 Å². The van der Waals surface area contributed by atoms with Crippen molar-refractivity contribution in [1.82, 2.24) is 0 Å². The Morgan fingerprint density at radius 3 is 2.27 bits per heavy atom. The van der Waals surface area contributed by atoms with E-state index in [9.17, 15) is 10.0 Å². The highest BCUT2D eigenvalue weighted by Gasteiger charge is 2.25. The third kappa shape index (κ3) is 2.27. The summed E-state index contributed by atoms with van der Waals surface area (Å²) in [5, 5.41) is 11.3. The number of likely N-dealkylation sites (tertiary alicyclic amines) is 1. The number of carbonyl (C=O) groups excluding carboxylic acids is 1. The third-order valence-corrected chi connectivity index (χ3v) is 2.48. The number of piperidine rings is 1. The van der Waals surface area contributed by atoms with Gasteiger partial charge in [0.15, 0.2) is 0 Å². The van der Waals surface area contributed by atoms with Gasteiger partial charge in [0.25, 0.3) is 0 Å². The Morgan fingerprint density at radius 1 is 1.45 bits per heavy atom. The van der Waals surface area contributed by atoms with Crippen LogP contribution >= 0.6 is 0 Å². The second kappa shape index (κ2) is 2.91. The monoisotopic (exact) mass is 157 g/mol. The standard InChI is InChI=1S/C8H15NO2/c1-7(10)8-3-5-9(2,11)6-4-8/h8H,3-6H2,1-2H3. The van der Waals surface area contributed by atoms with E-state index >= 15 is 0 Å². The summed E-state index contributed by atoms with van der Waals surface area (Å²) in [7, 11) is 1.68. The number of quaternary nitrogens is 1.